The molecule has 3 aromatic rings. The van der Waals surface area contributed by atoms with Crippen LogP contribution in [0.4, 0.5) is 5.82 Å². The van der Waals surface area contributed by atoms with E-state index in [1.807, 2.05) is 0 Å². The van der Waals surface area contributed by atoms with Crippen LogP contribution in [-0.2, 0) is 31.3 Å². The van der Waals surface area contributed by atoms with Gasteiger partial charge in [-0.25, -0.2) is 0 Å². The molecule has 4 atom stereocenters. The molecule has 3 aliphatic heterocycles. The number of anilines is 1. The molecule has 0 amide bonds. The van der Waals surface area contributed by atoms with Crippen molar-refractivity contribution in [1.82, 2.24) is 20.2 Å². The molecule has 0 radical (unpaired) electrons. The molecule has 1 spiro atoms. The van der Waals surface area contributed by atoms with Gasteiger partial charge in [0.15, 0.2) is 0 Å². The van der Waals surface area contributed by atoms with E-state index in [-0.39, 0.29) is 5.41 Å². The van der Waals surface area contributed by atoms with Crippen LogP contribution in [0.15, 0.2) is 48.5 Å². The first kappa shape index (κ1) is 29.3. The summed E-state index contributed by atoms with van der Waals surface area (Å²) in [6, 6.07) is 19.9. The molecule has 45 heavy (non-hydrogen) atoms. The van der Waals surface area contributed by atoms with Gasteiger partial charge in [-0.05, 0) is 113 Å². The van der Waals surface area contributed by atoms with Gasteiger partial charge in [-0.3, -0.25) is 4.90 Å². The number of ether oxygens (including phenoxy) is 2. The van der Waals surface area contributed by atoms with Crippen LogP contribution in [0.5, 0.6) is 11.8 Å². The van der Waals surface area contributed by atoms with Gasteiger partial charge in [0.2, 0.25) is 0 Å². The summed E-state index contributed by atoms with van der Waals surface area (Å²) < 4.78 is 12.9. The topological polar surface area (TPSA) is 62.8 Å². The molecule has 7 nitrogen and oxygen atoms in total. The lowest BCUT2D eigenvalue weighted by atomic mass is 9.62. The van der Waals surface area contributed by atoms with E-state index < -0.39 is 0 Å². The summed E-state index contributed by atoms with van der Waals surface area (Å²) in [6.07, 6.45) is 11.6. The number of likely N-dealkylation sites (tertiary alicyclic amines) is 1. The Morgan fingerprint density at radius 1 is 0.933 bits per heavy atom. The number of piperazine rings is 1. The van der Waals surface area contributed by atoms with Crippen molar-refractivity contribution in [3.05, 3.63) is 76.5 Å². The largest absolute Gasteiger partial charge is 0.489 e. The summed E-state index contributed by atoms with van der Waals surface area (Å²) in [5.41, 5.74) is 6.84. The number of rotatable bonds is 8. The lowest BCUT2D eigenvalue weighted by Gasteiger charge is -2.44. The first-order valence-electron chi connectivity index (χ1n) is 17.6. The number of nitrogens with one attached hydrogen (secondary N) is 1. The number of nitrogens with zero attached hydrogens (tertiary/aromatic N) is 4. The monoisotopic (exact) mass is 607 g/mol. The number of aryl methyl sites for hydroxylation is 1. The van der Waals surface area contributed by atoms with Crippen molar-refractivity contribution in [1.29, 1.82) is 0 Å². The highest BCUT2D eigenvalue weighted by Gasteiger charge is 2.44. The van der Waals surface area contributed by atoms with Crippen molar-refractivity contribution in [2.75, 3.05) is 31.1 Å². The van der Waals surface area contributed by atoms with Gasteiger partial charge < -0.3 is 19.7 Å². The van der Waals surface area contributed by atoms with Crippen LogP contribution in [-0.4, -0.2) is 65.3 Å². The normalized spacial score (nSPS) is 27.5. The number of hydrogen-bond acceptors (Lipinski definition) is 7. The van der Waals surface area contributed by atoms with Crippen LogP contribution >= 0.6 is 0 Å². The second-order valence-corrected chi connectivity index (χ2v) is 14.5. The van der Waals surface area contributed by atoms with E-state index in [0.29, 0.717) is 43.4 Å². The maximum atomic E-state index is 6.57. The second kappa shape index (κ2) is 12.2. The van der Waals surface area contributed by atoms with Crippen LogP contribution < -0.4 is 19.7 Å². The molecule has 3 fully saturated rings. The number of fused-ring (bicyclic) bond motifs is 5. The van der Waals surface area contributed by atoms with Gasteiger partial charge in [-0.15, -0.1) is 0 Å². The van der Waals surface area contributed by atoms with E-state index in [9.17, 15) is 0 Å². The molecule has 3 saturated heterocycles. The van der Waals surface area contributed by atoms with Gasteiger partial charge in [-0.1, -0.05) is 36.4 Å². The molecule has 2 aliphatic carbocycles. The SMILES string of the molecule is CC(C)N1CCC[C@H]1COc1nc2c(c(N3[C@@H]4CC[C@H]3CNC4)n1)CCC1(CCCc3ccc(OCc4ccccc4)cc31)C2. The van der Waals surface area contributed by atoms with Crippen molar-refractivity contribution in [3.8, 4) is 11.8 Å². The zero-order valence-electron chi connectivity index (χ0n) is 27.1. The summed E-state index contributed by atoms with van der Waals surface area (Å²) in [4.78, 5) is 15.8. The molecule has 2 aromatic carbocycles. The lowest BCUT2D eigenvalue weighted by Crippen LogP contribution is -2.53. The van der Waals surface area contributed by atoms with E-state index in [4.69, 9.17) is 19.4 Å². The molecule has 5 aliphatic rings. The van der Waals surface area contributed by atoms with Crippen molar-refractivity contribution >= 4 is 5.82 Å². The zero-order valence-corrected chi connectivity index (χ0v) is 27.1. The van der Waals surface area contributed by atoms with Crippen LogP contribution in [0.1, 0.15) is 86.7 Å². The summed E-state index contributed by atoms with van der Waals surface area (Å²) in [5, 5.41) is 3.67. The molecule has 238 valence electrons. The number of aromatic nitrogens is 2. The quantitative estimate of drug-likeness (QED) is 0.337. The predicted molar refractivity (Wildman–Crippen MR) is 178 cm³/mol. The van der Waals surface area contributed by atoms with Gasteiger partial charge >= 0.3 is 6.01 Å². The Labute approximate surface area is 268 Å². The summed E-state index contributed by atoms with van der Waals surface area (Å²) in [7, 11) is 0. The first-order valence-corrected chi connectivity index (χ1v) is 17.6. The Morgan fingerprint density at radius 3 is 2.60 bits per heavy atom. The fraction of sp³-hybridized carbons (Fsp3) is 0.579. The minimum Gasteiger partial charge on any atom is -0.489 e. The minimum atomic E-state index is 0.0813. The van der Waals surface area contributed by atoms with Crippen molar-refractivity contribution in [3.63, 3.8) is 0 Å². The third-order valence-electron chi connectivity index (χ3n) is 11.5. The average Bonchev–Trinajstić information content (AvgIpc) is 3.64. The Balaban J connectivity index is 1.11. The lowest BCUT2D eigenvalue weighted by molar-refractivity contribution is 0.138. The summed E-state index contributed by atoms with van der Waals surface area (Å²) >= 11 is 0. The van der Waals surface area contributed by atoms with E-state index in [1.165, 1.54) is 72.3 Å². The fourth-order valence-electron chi connectivity index (χ4n) is 9.25. The molecule has 7 heteroatoms. The van der Waals surface area contributed by atoms with E-state index >= 15 is 0 Å². The molecular weight excluding hydrogens is 558 g/mol. The highest BCUT2D eigenvalue weighted by Crippen LogP contribution is 2.49. The highest BCUT2D eigenvalue weighted by atomic mass is 16.5. The van der Waals surface area contributed by atoms with Crippen molar-refractivity contribution in [2.24, 2.45) is 0 Å². The highest BCUT2D eigenvalue weighted by molar-refractivity contribution is 5.56. The molecule has 0 saturated carbocycles. The predicted octanol–water partition coefficient (Wildman–Crippen LogP) is 6.01. The van der Waals surface area contributed by atoms with Crippen LogP contribution in [0.25, 0.3) is 0 Å². The Bertz CT molecular complexity index is 1500. The third kappa shape index (κ3) is 5.61. The molecule has 8 rings (SSSR count). The summed E-state index contributed by atoms with van der Waals surface area (Å²) in [5.74, 6) is 2.14. The minimum absolute atomic E-state index is 0.0813. The van der Waals surface area contributed by atoms with E-state index in [1.54, 1.807) is 0 Å². The van der Waals surface area contributed by atoms with Gasteiger partial charge in [0.05, 0.1) is 5.69 Å². The fourth-order valence-corrected chi connectivity index (χ4v) is 9.25. The first-order chi connectivity index (χ1) is 22.1. The molecule has 1 aromatic heterocycles. The Hall–Kier alpha value is -3.16. The van der Waals surface area contributed by atoms with Crippen LogP contribution in [0, 0.1) is 0 Å². The molecule has 1 N–H and O–H groups in total. The van der Waals surface area contributed by atoms with Crippen LogP contribution in [0.2, 0.25) is 0 Å². The number of benzene rings is 2. The van der Waals surface area contributed by atoms with Gasteiger partial charge in [0, 0.05) is 48.2 Å². The molecule has 4 heterocycles. The van der Waals surface area contributed by atoms with E-state index in [2.05, 4.69) is 77.5 Å². The standard InChI is InChI=1S/C38H49N5O2/c1-26(2)42-19-7-11-31(42)25-45-37-40-35-21-38(18-16-33(35)36(41-37)43-29-13-14-30(43)23-39-22-29)17-6-10-28-12-15-32(20-34(28)38)44-24-27-8-4-3-5-9-27/h3-5,8-9,12,15,20,26,29-31,39H,6-7,10-11,13-14,16-19,21-25H2,1-2H3/t29-,30+,31-,38?/m0/s1. The smallest absolute Gasteiger partial charge is 0.318 e. The molecule has 1 unspecified atom stereocenters. The van der Waals surface area contributed by atoms with Gasteiger partial charge in [0.1, 0.15) is 24.8 Å². The Morgan fingerprint density at radius 2 is 1.78 bits per heavy atom. The molecular formula is C38H49N5O2. The summed E-state index contributed by atoms with van der Waals surface area (Å²) in [6.45, 7) is 9.10. The third-order valence-corrected chi connectivity index (χ3v) is 11.5. The molecule has 2 bridgehead atoms. The average molecular weight is 608 g/mol. The van der Waals surface area contributed by atoms with Crippen molar-refractivity contribution < 1.29 is 9.47 Å². The number of hydrogen-bond donors (Lipinski definition) is 1. The van der Waals surface area contributed by atoms with Crippen molar-refractivity contribution in [2.45, 2.75) is 114 Å². The maximum absolute atomic E-state index is 6.57. The van der Waals surface area contributed by atoms with Crippen LogP contribution in [0.3, 0.4) is 0 Å². The van der Waals surface area contributed by atoms with Gasteiger partial charge in [0.25, 0.3) is 0 Å². The van der Waals surface area contributed by atoms with E-state index in [0.717, 1.165) is 51.1 Å². The van der Waals surface area contributed by atoms with Gasteiger partial charge in [-0.2, -0.15) is 9.97 Å². The maximum Gasteiger partial charge on any atom is 0.318 e. The Kier molecular flexibility index (Phi) is 7.94. The second-order valence-electron chi connectivity index (χ2n) is 14.5. The zero-order chi connectivity index (χ0) is 30.4.